The highest BCUT2D eigenvalue weighted by Crippen LogP contribution is 2.24. The second-order valence-electron chi connectivity index (χ2n) is 5.70. The van der Waals surface area contributed by atoms with Gasteiger partial charge in [0.1, 0.15) is 18.0 Å². The Kier molecular flexibility index (Phi) is 6.25. The molecule has 1 fully saturated rings. The quantitative estimate of drug-likeness (QED) is 0.786. The zero-order chi connectivity index (χ0) is 16.9. The highest BCUT2D eigenvalue weighted by molar-refractivity contribution is 6.42. The Morgan fingerprint density at radius 2 is 1.75 bits per heavy atom. The molecule has 1 N–H and O–H groups in total. The molecule has 3 rings (SSSR count). The van der Waals surface area contributed by atoms with Crippen molar-refractivity contribution in [1.29, 1.82) is 0 Å². The molecule has 0 saturated carbocycles. The zero-order valence-corrected chi connectivity index (χ0v) is 15.2. The minimum Gasteiger partial charge on any atom is -0.488 e. The lowest BCUT2D eigenvalue weighted by Crippen LogP contribution is -2.48. The van der Waals surface area contributed by atoms with Crippen LogP contribution in [0.3, 0.4) is 0 Å². The lowest BCUT2D eigenvalue weighted by atomic mass is 10.1. The van der Waals surface area contributed by atoms with Gasteiger partial charge in [0.05, 0.1) is 16.7 Å². The van der Waals surface area contributed by atoms with Gasteiger partial charge in [0.25, 0.3) is 0 Å². The molecule has 1 heterocycles. The minimum absolute atomic E-state index is 0.00445. The SMILES string of the molecule is Clc1ccc(OC2CCNCC2OCc2ccc(Cl)c(Cl)c2)cc1. The predicted octanol–water partition coefficient (Wildman–Crippen LogP) is 4.97. The number of nitrogens with one attached hydrogen (secondary N) is 1. The van der Waals surface area contributed by atoms with Crippen LogP contribution in [0.2, 0.25) is 15.1 Å². The Bertz CT molecular complexity index is 678. The van der Waals surface area contributed by atoms with Crippen molar-refractivity contribution in [1.82, 2.24) is 5.32 Å². The fraction of sp³-hybridized carbons (Fsp3) is 0.333. The molecule has 2 aromatic carbocycles. The minimum atomic E-state index is -0.0381. The molecule has 0 spiro atoms. The van der Waals surface area contributed by atoms with Gasteiger partial charge in [-0.15, -0.1) is 0 Å². The van der Waals surface area contributed by atoms with E-state index in [-0.39, 0.29) is 12.2 Å². The lowest BCUT2D eigenvalue weighted by molar-refractivity contribution is -0.0474. The van der Waals surface area contributed by atoms with Gasteiger partial charge in [0.15, 0.2) is 0 Å². The molecular formula is C18H18Cl3NO2. The van der Waals surface area contributed by atoms with Crippen molar-refractivity contribution in [2.45, 2.75) is 25.2 Å². The van der Waals surface area contributed by atoms with Crippen molar-refractivity contribution in [3.05, 3.63) is 63.1 Å². The first-order valence-electron chi connectivity index (χ1n) is 7.80. The van der Waals surface area contributed by atoms with Crippen molar-refractivity contribution in [2.24, 2.45) is 0 Å². The molecular weight excluding hydrogens is 369 g/mol. The second-order valence-corrected chi connectivity index (χ2v) is 6.95. The van der Waals surface area contributed by atoms with Crippen molar-refractivity contribution in [3.8, 4) is 5.75 Å². The number of hydrogen-bond donors (Lipinski definition) is 1. The summed E-state index contributed by atoms with van der Waals surface area (Å²) in [5, 5.41) is 5.12. The highest BCUT2D eigenvalue weighted by Gasteiger charge is 2.27. The molecule has 128 valence electrons. The van der Waals surface area contributed by atoms with Crippen LogP contribution >= 0.6 is 34.8 Å². The summed E-state index contributed by atoms with van der Waals surface area (Å²) in [6.45, 7) is 2.12. The van der Waals surface area contributed by atoms with E-state index in [9.17, 15) is 0 Å². The Labute approximate surface area is 156 Å². The second kappa shape index (κ2) is 8.41. The smallest absolute Gasteiger partial charge is 0.127 e. The number of hydrogen-bond acceptors (Lipinski definition) is 3. The molecule has 1 aliphatic rings. The van der Waals surface area contributed by atoms with Gasteiger partial charge in [-0.2, -0.15) is 0 Å². The molecule has 3 nitrogen and oxygen atoms in total. The average molecular weight is 387 g/mol. The Balaban J connectivity index is 1.61. The van der Waals surface area contributed by atoms with Crippen LogP contribution in [-0.4, -0.2) is 25.3 Å². The van der Waals surface area contributed by atoms with E-state index in [1.54, 1.807) is 6.07 Å². The summed E-state index contributed by atoms with van der Waals surface area (Å²) >= 11 is 17.9. The van der Waals surface area contributed by atoms with E-state index in [4.69, 9.17) is 44.3 Å². The topological polar surface area (TPSA) is 30.5 Å². The van der Waals surface area contributed by atoms with Crippen LogP contribution in [0.1, 0.15) is 12.0 Å². The van der Waals surface area contributed by atoms with Crippen molar-refractivity contribution < 1.29 is 9.47 Å². The molecule has 1 aliphatic heterocycles. The molecule has 0 bridgehead atoms. The van der Waals surface area contributed by atoms with E-state index in [2.05, 4.69) is 5.32 Å². The number of halogens is 3. The zero-order valence-electron chi connectivity index (χ0n) is 13.0. The molecule has 0 aromatic heterocycles. The lowest BCUT2D eigenvalue weighted by Gasteiger charge is -2.32. The number of rotatable bonds is 5. The molecule has 24 heavy (non-hydrogen) atoms. The Morgan fingerprint density at radius 1 is 0.958 bits per heavy atom. The highest BCUT2D eigenvalue weighted by atomic mass is 35.5. The van der Waals surface area contributed by atoms with Crippen molar-refractivity contribution in [2.75, 3.05) is 13.1 Å². The van der Waals surface area contributed by atoms with Crippen LogP contribution in [0.5, 0.6) is 5.75 Å². The third-order valence-electron chi connectivity index (χ3n) is 3.92. The molecule has 0 radical (unpaired) electrons. The van der Waals surface area contributed by atoms with Crippen molar-refractivity contribution in [3.63, 3.8) is 0 Å². The molecule has 1 saturated heterocycles. The standard InChI is InChI=1S/C18H18Cl3NO2/c19-13-2-4-14(5-3-13)24-17-7-8-22-10-18(17)23-11-12-1-6-15(20)16(21)9-12/h1-6,9,17-18,22H,7-8,10-11H2. The summed E-state index contributed by atoms with van der Waals surface area (Å²) in [6, 6.07) is 12.9. The summed E-state index contributed by atoms with van der Waals surface area (Å²) in [7, 11) is 0. The van der Waals surface area contributed by atoms with Gasteiger partial charge in [-0.1, -0.05) is 40.9 Å². The van der Waals surface area contributed by atoms with Crippen LogP contribution < -0.4 is 10.1 Å². The molecule has 6 heteroatoms. The van der Waals surface area contributed by atoms with Gasteiger partial charge in [-0.05, 0) is 54.9 Å². The molecule has 2 atom stereocenters. The molecule has 0 aliphatic carbocycles. The van der Waals surface area contributed by atoms with Gasteiger partial charge in [0, 0.05) is 11.6 Å². The van der Waals surface area contributed by atoms with Crippen LogP contribution in [0.4, 0.5) is 0 Å². The summed E-state index contributed by atoms with van der Waals surface area (Å²) in [4.78, 5) is 0. The van der Waals surface area contributed by atoms with Crippen LogP contribution in [0.15, 0.2) is 42.5 Å². The largest absolute Gasteiger partial charge is 0.488 e. The van der Waals surface area contributed by atoms with Gasteiger partial charge < -0.3 is 14.8 Å². The summed E-state index contributed by atoms with van der Waals surface area (Å²) < 4.78 is 12.1. The molecule has 0 amide bonds. The van der Waals surface area contributed by atoms with Crippen molar-refractivity contribution >= 4 is 34.8 Å². The summed E-state index contributed by atoms with van der Waals surface area (Å²) in [6.07, 6.45) is 0.841. The average Bonchev–Trinajstić information content (AvgIpc) is 2.59. The van der Waals surface area contributed by atoms with E-state index in [1.165, 1.54) is 0 Å². The third-order valence-corrected chi connectivity index (χ3v) is 4.91. The summed E-state index contributed by atoms with van der Waals surface area (Å²) in [5.41, 5.74) is 0.986. The van der Waals surface area contributed by atoms with Gasteiger partial charge >= 0.3 is 0 Å². The first-order valence-corrected chi connectivity index (χ1v) is 8.93. The van der Waals surface area contributed by atoms with E-state index in [0.29, 0.717) is 21.7 Å². The van der Waals surface area contributed by atoms with Gasteiger partial charge in [0.2, 0.25) is 0 Å². The number of ether oxygens (including phenoxy) is 2. The fourth-order valence-corrected chi connectivity index (χ4v) is 3.07. The molecule has 2 aromatic rings. The van der Waals surface area contributed by atoms with Crippen LogP contribution in [0, 0.1) is 0 Å². The fourth-order valence-electron chi connectivity index (χ4n) is 2.63. The van der Waals surface area contributed by atoms with Gasteiger partial charge in [-0.25, -0.2) is 0 Å². The maximum atomic E-state index is 6.08. The van der Waals surface area contributed by atoms with Crippen LogP contribution in [-0.2, 0) is 11.3 Å². The Morgan fingerprint density at radius 3 is 2.50 bits per heavy atom. The van der Waals surface area contributed by atoms with E-state index >= 15 is 0 Å². The monoisotopic (exact) mass is 385 g/mol. The Hall–Kier alpha value is -0.970. The van der Waals surface area contributed by atoms with E-state index in [0.717, 1.165) is 30.8 Å². The third kappa shape index (κ3) is 4.78. The van der Waals surface area contributed by atoms with Crippen LogP contribution in [0.25, 0.3) is 0 Å². The number of benzene rings is 2. The maximum Gasteiger partial charge on any atom is 0.127 e. The first kappa shape index (κ1) is 17.8. The van der Waals surface area contributed by atoms with Gasteiger partial charge in [-0.3, -0.25) is 0 Å². The summed E-state index contributed by atoms with van der Waals surface area (Å²) in [5.74, 6) is 0.800. The maximum absolute atomic E-state index is 6.08. The number of piperidine rings is 1. The van der Waals surface area contributed by atoms with E-state index < -0.39 is 0 Å². The normalized spacial score (nSPS) is 20.8. The molecule has 2 unspecified atom stereocenters. The predicted molar refractivity (Wildman–Crippen MR) is 98.4 cm³/mol. The van der Waals surface area contributed by atoms with E-state index in [1.807, 2.05) is 36.4 Å². The first-order chi connectivity index (χ1) is 11.6.